The molecular formula is C20H30N4O. The summed E-state index contributed by atoms with van der Waals surface area (Å²) in [6, 6.07) is 12.1. The van der Waals surface area contributed by atoms with Gasteiger partial charge in [0, 0.05) is 20.6 Å². The number of hydrogen-bond donors (Lipinski definition) is 0. The van der Waals surface area contributed by atoms with E-state index in [0.717, 1.165) is 24.2 Å². The number of amides is 1. The maximum atomic E-state index is 13.1. The van der Waals surface area contributed by atoms with E-state index in [0.29, 0.717) is 11.6 Å². The number of aryl methyl sites for hydroxylation is 1. The molecule has 0 saturated heterocycles. The zero-order valence-corrected chi connectivity index (χ0v) is 16.2. The van der Waals surface area contributed by atoms with Gasteiger partial charge in [-0.1, -0.05) is 44.2 Å². The van der Waals surface area contributed by atoms with E-state index in [9.17, 15) is 4.79 Å². The quantitative estimate of drug-likeness (QED) is 0.777. The third kappa shape index (κ3) is 4.92. The molecule has 1 aromatic carbocycles. The summed E-state index contributed by atoms with van der Waals surface area (Å²) >= 11 is 0. The van der Waals surface area contributed by atoms with E-state index in [-0.39, 0.29) is 11.9 Å². The number of nitrogens with zero attached hydrogens (tertiary/aromatic N) is 4. The highest BCUT2D eigenvalue weighted by Gasteiger charge is 2.25. The van der Waals surface area contributed by atoms with Gasteiger partial charge in [-0.2, -0.15) is 5.10 Å². The first kappa shape index (κ1) is 19.2. The molecule has 1 aromatic heterocycles. The van der Waals surface area contributed by atoms with E-state index < -0.39 is 0 Å². The van der Waals surface area contributed by atoms with Crippen LogP contribution in [0.2, 0.25) is 0 Å². The summed E-state index contributed by atoms with van der Waals surface area (Å²) in [5.41, 5.74) is 2.74. The number of carbonyl (C=O) groups excluding carboxylic acids is 1. The highest BCUT2D eigenvalue weighted by atomic mass is 16.2. The van der Waals surface area contributed by atoms with Crippen molar-refractivity contribution in [2.45, 2.75) is 26.3 Å². The zero-order valence-electron chi connectivity index (χ0n) is 16.2. The average molecular weight is 342 g/mol. The van der Waals surface area contributed by atoms with Crippen LogP contribution in [-0.2, 0) is 13.5 Å². The molecule has 25 heavy (non-hydrogen) atoms. The Hall–Kier alpha value is -2.14. The molecule has 5 heteroatoms. The van der Waals surface area contributed by atoms with Crippen molar-refractivity contribution in [1.82, 2.24) is 19.6 Å². The molecule has 5 nitrogen and oxygen atoms in total. The molecule has 0 saturated carbocycles. The van der Waals surface area contributed by atoms with Gasteiger partial charge in [0.1, 0.15) is 5.69 Å². The largest absolute Gasteiger partial charge is 0.332 e. The highest BCUT2D eigenvalue weighted by Crippen LogP contribution is 2.22. The van der Waals surface area contributed by atoms with Gasteiger partial charge in [-0.05, 0) is 38.1 Å². The van der Waals surface area contributed by atoms with Crippen LogP contribution in [0.15, 0.2) is 36.4 Å². The maximum absolute atomic E-state index is 13.1. The van der Waals surface area contributed by atoms with Crippen LogP contribution in [0.5, 0.6) is 0 Å². The van der Waals surface area contributed by atoms with E-state index in [4.69, 9.17) is 0 Å². The fraction of sp³-hybridized carbons (Fsp3) is 0.500. The number of hydrogen-bond acceptors (Lipinski definition) is 3. The second kappa shape index (κ2) is 8.30. The Morgan fingerprint density at radius 1 is 1.16 bits per heavy atom. The van der Waals surface area contributed by atoms with Gasteiger partial charge in [0.25, 0.3) is 5.91 Å². The first-order valence-electron chi connectivity index (χ1n) is 8.79. The Labute approximate surface area is 151 Å². The lowest BCUT2D eigenvalue weighted by atomic mass is 10.0. The van der Waals surface area contributed by atoms with Crippen molar-refractivity contribution >= 4 is 5.91 Å². The van der Waals surface area contributed by atoms with Crippen LogP contribution in [0.3, 0.4) is 0 Å². The van der Waals surface area contributed by atoms with Crippen LogP contribution in [0, 0.1) is 5.92 Å². The summed E-state index contributed by atoms with van der Waals surface area (Å²) in [5, 5.41) is 4.51. The van der Waals surface area contributed by atoms with E-state index in [1.807, 2.05) is 57.4 Å². The summed E-state index contributed by atoms with van der Waals surface area (Å²) in [6.45, 7) is 5.08. The van der Waals surface area contributed by atoms with Gasteiger partial charge in [0.05, 0.1) is 11.7 Å². The fourth-order valence-corrected chi connectivity index (χ4v) is 3.04. The number of likely N-dealkylation sites (N-methyl/N-ethyl adjacent to an activating group) is 2. The number of aromatic nitrogens is 2. The van der Waals surface area contributed by atoms with Crippen molar-refractivity contribution in [1.29, 1.82) is 0 Å². The van der Waals surface area contributed by atoms with Crippen molar-refractivity contribution in [3.63, 3.8) is 0 Å². The molecule has 1 unspecified atom stereocenters. The Balaban J connectivity index is 2.28. The van der Waals surface area contributed by atoms with E-state index in [1.54, 1.807) is 4.68 Å². The lowest BCUT2D eigenvalue weighted by Crippen LogP contribution is -2.37. The van der Waals surface area contributed by atoms with Crippen molar-refractivity contribution in [3.05, 3.63) is 53.3 Å². The van der Waals surface area contributed by atoms with Crippen LogP contribution in [-0.4, -0.2) is 53.2 Å². The normalized spacial score (nSPS) is 12.6. The van der Waals surface area contributed by atoms with Crippen molar-refractivity contribution < 1.29 is 4.79 Å². The molecule has 0 aliphatic carbocycles. The predicted molar refractivity (Wildman–Crippen MR) is 102 cm³/mol. The minimum absolute atomic E-state index is 0.000657. The standard InChI is InChI=1S/C20H30N4O/c1-15(2)12-17-13-18(24(6)21-17)20(25)23(5)19(14-22(3)4)16-10-8-7-9-11-16/h7-11,13,15,19H,12,14H2,1-6H3. The molecule has 0 N–H and O–H groups in total. The Bertz CT molecular complexity index is 691. The fourth-order valence-electron chi connectivity index (χ4n) is 3.04. The topological polar surface area (TPSA) is 41.4 Å². The van der Waals surface area contributed by atoms with Gasteiger partial charge in [0.2, 0.25) is 0 Å². The second-order valence-electron chi connectivity index (χ2n) is 7.35. The summed E-state index contributed by atoms with van der Waals surface area (Å²) < 4.78 is 1.70. The molecule has 0 spiro atoms. The molecular weight excluding hydrogens is 312 g/mol. The second-order valence-corrected chi connectivity index (χ2v) is 7.35. The van der Waals surface area contributed by atoms with Crippen LogP contribution < -0.4 is 0 Å². The van der Waals surface area contributed by atoms with Crippen LogP contribution in [0.25, 0.3) is 0 Å². The molecule has 0 radical (unpaired) electrons. The number of carbonyl (C=O) groups is 1. The molecule has 2 rings (SSSR count). The smallest absolute Gasteiger partial charge is 0.272 e. The van der Waals surface area contributed by atoms with Gasteiger partial charge in [-0.25, -0.2) is 0 Å². The van der Waals surface area contributed by atoms with Crippen molar-refractivity contribution in [2.24, 2.45) is 13.0 Å². The van der Waals surface area contributed by atoms with Gasteiger partial charge in [-0.3, -0.25) is 9.48 Å². The third-order valence-electron chi connectivity index (χ3n) is 4.28. The number of rotatable bonds is 7. The molecule has 1 atom stereocenters. The monoisotopic (exact) mass is 342 g/mol. The molecule has 0 aliphatic heterocycles. The molecule has 0 aliphatic rings. The molecule has 136 valence electrons. The van der Waals surface area contributed by atoms with Gasteiger partial charge < -0.3 is 9.80 Å². The van der Waals surface area contributed by atoms with Crippen LogP contribution in [0.1, 0.15) is 41.6 Å². The minimum Gasteiger partial charge on any atom is -0.332 e. The Morgan fingerprint density at radius 3 is 2.36 bits per heavy atom. The van der Waals surface area contributed by atoms with Crippen molar-refractivity contribution in [2.75, 3.05) is 27.7 Å². The first-order chi connectivity index (χ1) is 11.8. The average Bonchev–Trinajstić information content (AvgIpc) is 2.91. The SMILES string of the molecule is CC(C)Cc1cc(C(=O)N(C)C(CN(C)C)c2ccccc2)n(C)n1. The summed E-state index contributed by atoms with van der Waals surface area (Å²) in [6.07, 6.45) is 0.880. The van der Waals surface area contributed by atoms with Gasteiger partial charge in [-0.15, -0.1) is 0 Å². The molecule has 1 amide bonds. The predicted octanol–water partition coefficient (Wildman–Crippen LogP) is 2.99. The van der Waals surface area contributed by atoms with E-state index in [1.165, 1.54) is 0 Å². The maximum Gasteiger partial charge on any atom is 0.272 e. The van der Waals surface area contributed by atoms with Gasteiger partial charge in [0.15, 0.2) is 0 Å². The molecule has 1 heterocycles. The summed E-state index contributed by atoms with van der Waals surface area (Å²) in [4.78, 5) is 17.0. The Kier molecular flexibility index (Phi) is 6.37. The molecule has 2 aromatic rings. The molecule has 0 fully saturated rings. The summed E-state index contributed by atoms with van der Waals surface area (Å²) in [7, 11) is 7.77. The number of benzene rings is 1. The minimum atomic E-state index is -0.00727. The molecule has 0 bridgehead atoms. The zero-order chi connectivity index (χ0) is 18.6. The lowest BCUT2D eigenvalue weighted by Gasteiger charge is -2.31. The van der Waals surface area contributed by atoms with E-state index >= 15 is 0 Å². The first-order valence-corrected chi connectivity index (χ1v) is 8.79. The summed E-state index contributed by atoms with van der Waals surface area (Å²) in [5.74, 6) is 0.516. The van der Waals surface area contributed by atoms with E-state index in [2.05, 4.69) is 36.0 Å². The van der Waals surface area contributed by atoms with Crippen LogP contribution in [0.4, 0.5) is 0 Å². The van der Waals surface area contributed by atoms with Gasteiger partial charge >= 0.3 is 0 Å². The third-order valence-corrected chi connectivity index (χ3v) is 4.28. The lowest BCUT2D eigenvalue weighted by molar-refractivity contribution is 0.0694. The Morgan fingerprint density at radius 2 is 1.80 bits per heavy atom. The van der Waals surface area contributed by atoms with Crippen molar-refractivity contribution in [3.8, 4) is 0 Å². The highest BCUT2D eigenvalue weighted by molar-refractivity contribution is 5.92. The van der Waals surface area contributed by atoms with Crippen LogP contribution >= 0.6 is 0 Å².